The predicted molar refractivity (Wildman–Crippen MR) is 129 cm³/mol. The number of hydrogen-bond acceptors (Lipinski definition) is 7. The molecule has 36 heavy (non-hydrogen) atoms. The molecule has 0 spiro atoms. The number of carbonyl (C=O) groups is 1. The standard InChI is InChI=1S/C24H20Cl2F3N3O4/c1-13-17(25)8-9-18(21(13)26)30-23-31-19(24(27,28)29)10-20(32-23)36-11-14-6-4-5-7-15(14)16(12-34-2)22(33)35-3/h4-10,12H,11H2,1-3H3,(H,30,31,32)/b16-12+. The van der Waals surface area contributed by atoms with Crippen LogP contribution in [0.15, 0.2) is 48.7 Å². The van der Waals surface area contributed by atoms with Crippen LogP contribution in [-0.2, 0) is 27.1 Å². The number of esters is 1. The van der Waals surface area contributed by atoms with Gasteiger partial charge in [-0.3, -0.25) is 0 Å². The van der Waals surface area contributed by atoms with Crippen LogP contribution in [0.2, 0.25) is 10.0 Å². The Hall–Kier alpha value is -3.50. The summed E-state index contributed by atoms with van der Waals surface area (Å²) in [6.07, 6.45) is -3.56. The topological polar surface area (TPSA) is 82.6 Å². The van der Waals surface area contributed by atoms with Gasteiger partial charge in [-0.25, -0.2) is 9.78 Å². The zero-order valence-electron chi connectivity index (χ0n) is 19.2. The lowest BCUT2D eigenvalue weighted by atomic mass is 10.0. The second-order valence-corrected chi connectivity index (χ2v) is 8.06. The lowest BCUT2D eigenvalue weighted by molar-refractivity contribution is -0.141. The predicted octanol–water partition coefficient (Wildman–Crippen LogP) is 6.59. The van der Waals surface area contributed by atoms with Crippen molar-refractivity contribution < 1.29 is 32.2 Å². The monoisotopic (exact) mass is 541 g/mol. The third-order valence-electron chi connectivity index (χ3n) is 4.88. The molecule has 1 aromatic heterocycles. The molecule has 0 aliphatic heterocycles. The van der Waals surface area contributed by atoms with Crippen molar-refractivity contribution >= 4 is 46.4 Å². The molecule has 0 bridgehead atoms. The number of aromatic nitrogens is 2. The van der Waals surface area contributed by atoms with E-state index in [0.717, 1.165) is 0 Å². The van der Waals surface area contributed by atoms with Crippen LogP contribution in [0.3, 0.4) is 0 Å². The highest BCUT2D eigenvalue weighted by Crippen LogP contribution is 2.34. The van der Waals surface area contributed by atoms with Crippen LogP contribution < -0.4 is 10.1 Å². The maximum atomic E-state index is 13.5. The number of methoxy groups -OCH3 is 2. The average molecular weight is 542 g/mol. The Morgan fingerprint density at radius 1 is 1.11 bits per heavy atom. The van der Waals surface area contributed by atoms with E-state index in [0.29, 0.717) is 27.8 Å². The number of nitrogens with zero attached hydrogens (tertiary/aromatic N) is 2. The fraction of sp³-hybridized carbons (Fsp3) is 0.208. The van der Waals surface area contributed by atoms with E-state index >= 15 is 0 Å². The zero-order valence-corrected chi connectivity index (χ0v) is 20.8. The van der Waals surface area contributed by atoms with Crippen LogP contribution in [0.4, 0.5) is 24.8 Å². The van der Waals surface area contributed by atoms with Gasteiger partial charge in [-0.05, 0) is 35.7 Å². The molecule has 0 saturated heterocycles. The molecule has 0 amide bonds. The normalized spacial score (nSPS) is 11.7. The van der Waals surface area contributed by atoms with Gasteiger partial charge in [0.2, 0.25) is 11.8 Å². The number of alkyl halides is 3. The minimum absolute atomic E-state index is 0.105. The van der Waals surface area contributed by atoms with Crippen molar-refractivity contribution in [3.63, 3.8) is 0 Å². The van der Waals surface area contributed by atoms with Crippen LogP contribution >= 0.6 is 23.2 Å². The number of benzene rings is 2. The molecule has 7 nitrogen and oxygen atoms in total. The molecule has 0 aliphatic rings. The summed E-state index contributed by atoms with van der Waals surface area (Å²) in [5.74, 6) is -1.40. The Morgan fingerprint density at radius 3 is 2.50 bits per heavy atom. The third kappa shape index (κ3) is 6.38. The summed E-state index contributed by atoms with van der Waals surface area (Å²) in [4.78, 5) is 19.8. The molecular formula is C24H20Cl2F3N3O4. The van der Waals surface area contributed by atoms with E-state index in [1.807, 2.05) is 0 Å². The average Bonchev–Trinajstić information content (AvgIpc) is 2.85. The zero-order chi connectivity index (χ0) is 26.5. The summed E-state index contributed by atoms with van der Waals surface area (Å²) < 4.78 is 56.0. The number of ether oxygens (including phenoxy) is 3. The molecule has 0 atom stereocenters. The second kappa shape index (κ2) is 11.5. The first-order valence-electron chi connectivity index (χ1n) is 10.3. The van der Waals surface area contributed by atoms with Gasteiger partial charge in [-0.1, -0.05) is 47.5 Å². The molecule has 3 aromatic rings. The molecule has 0 aliphatic carbocycles. The first kappa shape index (κ1) is 27.1. The van der Waals surface area contributed by atoms with Gasteiger partial charge in [0.1, 0.15) is 12.2 Å². The SMILES string of the molecule is CO/C=C(/C(=O)OC)c1ccccc1COc1cc(C(F)(F)F)nc(Nc2ccc(Cl)c(C)c2Cl)n1. The smallest absolute Gasteiger partial charge is 0.433 e. The van der Waals surface area contributed by atoms with Crippen molar-refractivity contribution in [2.75, 3.05) is 19.5 Å². The highest BCUT2D eigenvalue weighted by molar-refractivity contribution is 6.37. The highest BCUT2D eigenvalue weighted by Gasteiger charge is 2.34. The van der Waals surface area contributed by atoms with E-state index in [1.54, 1.807) is 37.3 Å². The van der Waals surface area contributed by atoms with Gasteiger partial charge in [-0.15, -0.1) is 0 Å². The summed E-state index contributed by atoms with van der Waals surface area (Å²) in [7, 11) is 2.58. The minimum Gasteiger partial charge on any atom is -0.503 e. The van der Waals surface area contributed by atoms with Crippen LogP contribution in [0, 0.1) is 6.92 Å². The maximum absolute atomic E-state index is 13.5. The van der Waals surface area contributed by atoms with Gasteiger partial charge in [0.05, 0.1) is 31.2 Å². The number of nitrogens with one attached hydrogen (secondary N) is 1. The van der Waals surface area contributed by atoms with E-state index in [9.17, 15) is 18.0 Å². The first-order chi connectivity index (χ1) is 17.0. The van der Waals surface area contributed by atoms with Crippen molar-refractivity contribution in [1.82, 2.24) is 9.97 Å². The van der Waals surface area contributed by atoms with E-state index in [-0.39, 0.29) is 34.7 Å². The summed E-state index contributed by atoms with van der Waals surface area (Å²) in [5, 5.41) is 3.28. The van der Waals surface area contributed by atoms with Crippen molar-refractivity contribution in [2.24, 2.45) is 0 Å². The van der Waals surface area contributed by atoms with Crippen molar-refractivity contribution in [2.45, 2.75) is 19.7 Å². The fourth-order valence-electron chi connectivity index (χ4n) is 3.09. The first-order valence-corrected chi connectivity index (χ1v) is 11.0. The second-order valence-electron chi connectivity index (χ2n) is 7.28. The summed E-state index contributed by atoms with van der Waals surface area (Å²) in [5.41, 5.74) is 0.574. The van der Waals surface area contributed by atoms with Gasteiger partial charge in [0, 0.05) is 11.1 Å². The summed E-state index contributed by atoms with van der Waals surface area (Å²) >= 11 is 12.3. The Labute approximate surface area is 214 Å². The molecule has 0 fully saturated rings. The van der Waals surface area contributed by atoms with E-state index in [2.05, 4.69) is 15.3 Å². The van der Waals surface area contributed by atoms with Gasteiger partial charge in [0.25, 0.3) is 0 Å². The molecule has 0 radical (unpaired) electrons. The van der Waals surface area contributed by atoms with Crippen LogP contribution in [0.25, 0.3) is 5.57 Å². The molecule has 1 heterocycles. The quantitative estimate of drug-likeness (QED) is 0.195. The molecule has 3 rings (SSSR count). The lowest BCUT2D eigenvalue weighted by Crippen LogP contribution is -2.12. The van der Waals surface area contributed by atoms with Crippen molar-refractivity contribution in [1.29, 1.82) is 0 Å². The van der Waals surface area contributed by atoms with Crippen LogP contribution in [0.1, 0.15) is 22.4 Å². The van der Waals surface area contributed by atoms with Gasteiger partial charge < -0.3 is 19.5 Å². The maximum Gasteiger partial charge on any atom is 0.433 e. The molecule has 0 unspecified atom stereocenters. The largest absolute Gasteiger partial charge is 0.503 e. The molecule has 1 N–H and O–H groups in total. The van der Waals surface area contributed by atoms with Gasteiger partial charge in [0.15, 0.2) is 5.69 Å². The van der Waals surface area contributed by atoms with Crippen molar-refractivity contribution in [3.05, 3.63) is 81.2 Å². The number of rotatable bonds is 8. The highest BCUT2D eigenvalue weighted by atomic mass is 35.5. The number of halogens is 5. The summed E-state index contributed by atoms with van der Waals surface area (Å²) in [6.45, 7) is 1.44. The van der Waals surface area contributed by atoms with Crippen LogP contribution in [0.5, 0.6) is 5.88 Å². The number of carbonyl (C=O) groups excluding carboxylic acids is 1. The molecule has 2 aromatic carbocycles. The third-order valence-corrected chi connectivity index (χ3v) is 5.78. The van der Waals surface area contributed by atoms with E-state index in [4.69, 9.17) is 37.4 Å². The van der Waals surface area contributed by atoms with E-state index < -0.39 is 17.8 Å². The number of hydrogen-bond donors (Lipinski definition) is 1. The minimum atomic E-state index is -4.77. The van der Waals surface area contributed by atoms with Crippen LogP contribution in [-0.4, -0.2) is 30.2 Å². The van der Waals surface area contributed by atoms with Gasteiger partial charge >= 0.3 is 12.1 Å². The van der Waals surface area contributed by atoms with Gasteiger partial charge in [-0.2, -0.15) is 18.2 Å². The van der Waals surface area contributed by atoms with E-state index in [1.165, 1.54) is 26.5 Å². The molecule has 12 heteroatoms. The fourth-order valence-corrected chi connectivity index (χ4v) is 3.51. The molecule has 190 valence electrons. The van der Waals surface area contributed by atoms with Crippen molar-refractivity contribution in [3.8, 4) is 5.88 Å². The molecular weight excluding hydrogens is 522 g/mol. The number of anilines is 2. The lowest BCUT2D eigenvalue weighted by Gasteiger charge is -2.15. The molecule has 0 saturated carbocycles. The Bertz CT molecular complexity index is 1300. The Morgan fingerprint density at radius 2 is 1.83 bits per heavy atom. The Balaban J connectivity index is 1.95. The summed E-state index contributed by atoms with van der Waals surface area (Å²) in [6, 6.07) is 10.3. The Kier molecular flexibility index (Phi) is 8.65.